The van der Waals surface area contributed by atoms with E-state index in [1.807, 2.05) is 19.9 Å². The van der Waals surface area contributed by atoms with Gasteiger partial charge in [-0.25, -0.2) is 0 Å². The van der Waals surface area contributed by atoms with E-state index < -0.39 is 0 Å². The molecule has 0 atom stereocenters. The number of carbonyl (C=O) groups is 2. The van der Waals surface area contributed by atoms with Crippen molar-refractivity contribution in [1.82, 2.24) is 4.90 Å². The van der Waals surface area contributed by atoms with Crippen molar-refractivity contribution >= 4 is 17.5 Å². The van der Waals surface area contributed by atoms with Crippen molar-refractivity contribution in [2.24, 2.45) is 0 Å². The summed E-state index contributed by atoms with van der Waals surface area (Å²) in [5.74, 6) is 0.511. The molecule has 146 valence electrons. The number of nitriles is 1. The molecule has 2 aromatic carbocycles. The molecule has 0 bridgehead atoms. The van der Waals surface area contributed by atoms with E-state index in [0.29, 0.717) is 41.5 Å². The fraction of sp³-hybridized carbons (Fsp3) is 0.286. The van der Waals surface area contributed by atoms with Gasteiger partial charge in [0, 0.05) is 24.4 Å². The van der Waals surface area contributed by atoms with Crippen LogP contribution in [0.15, 0.2) is 42.5 Å². The molecule has 0 aliphatic rings. The number of likely N-dealkylation sites (N-methyl/N-ethyl adjacent to an activating group) is 1. The molecule has 28 heavy (non-hydrogen) atoms. The van der Waals surface area contributed by atoms with Gasteiger partial charge in [0.25, 0.3) is 5.91 Å². The second-order valence-electron chi connectivity index (χ2n) is 5.93. The minimum atomic E-state index is -0.337. The van der Waals surface area contributed by atoms with Crippen LogP contribution in [0.4, 0.5) is 5.69 Å². The third-order valence-corrected chi connectivity index (χ3v) is 3.82. The zero-order valence-electron chi connectivity index (χ0n) is 16.2. The quantitative estimate of drug-likeness (QED) is 0.759. The van der Waals surface area contributed by atoms with Gasteiger partial charge in [0.05, 0.1) is 31.4 Å². The number of anilines is 1. The smallest absolute Gasteiger partial charge is 0.254 e. The maximum Gasteiger partial charge on any atom is 0.254 e. The average Bonchev–Trinajstić information content (AvgIpc) is 2.69. The molecule has 0 spiro atoms. The zero-order chi connectivity index (χ0) is 20.5. The van der Waals surface area contributed by atoms with Gasteiger partial charge in [-0.05, 0) is 50.2 Å². The number of nitrogens with one attached hydrogen (secondary N) is 1. The third-order valence-electron chi connectivity index (χ3n) is 3.82. The van der Waals surface area contributed by atoms with Crippen LogP contribution >= 0.6 is 0 Å². The van der Waals surface area contributed by atoms with Crippen molar-refractivity contribution < 1.29 is 19.1 Å². The molecule has 0 aliphatic heterocycles. The van der Waals surface area contributed by atoms with Gasteiger partial charge in [0.1, 0.15) is 0 Å². The number of hydrogen-bond donors (Lipinski definition) is 1. The summed E-state index contributed by atoms with van der Waals surface area (Å²) < 4.78 is 11.0. The number of ether oxygens (including phenoxy) is 2. The van der Waals surface area contributed by atoms with Gasteiger partial charge in [-0.3, -0.25) is 9.59 Å². The van der Waals surface area contributed by atoms with Gasteiger partial charge in [0.15, 0.2) is 11.5 Å². The lowest BCUT2D eigenvalue weighted by Crippen LogP contribution is -2.34. The summed E-state index contributed by atoms with van der Waals surface area (Å²) in [7, 11) is 1.55. The average molecular weight is 381 g/mol. The Kier molecular flexibility index (Phi) is 7.40. The number of amides is 2. The summed E-state index contributed by atoms with van der Waals surface area (Å²) in [4.78, 5) is 26.0. The summed E-state index contributed by atoms with van der Waals surface area (Å²) >= 11 is 0. The molecule has 0 aliphatic carbocycles. The lowest BCUT2D eigenvalue weighted by Gasteiger charge is -2.17. The standard InChI is InChI=1S/C21H23N3O4/c1-4-27-18-11-10-17(12-19(18)28-5-2)23-20(25)14-24(3)21(26)16-8-6-15(13-22)7-9-16/h6-12H,4-5,14H2,1-3H3,(H,23,25). The highest BCUT2D eigenvalue weighted by molar-refractivity contribution is 5.99. The first-order valence-corrected chi connectivity index (χ1v) is 8.93. The van der Waals surface area contributed by atoms with Gasteiger partial charge in [-0.15, -0.1) is 0 Å². The molecule has 0 radical (unpaired) electrons. The predicted molar refractivity (Wildman–Crippen MR) is 106 cm³/mol. The van der Waals surface area contributed by atoms with Crippen LogP contribution in [-0.2, 0) is 4.79 Å². The first-order chi connectivity index (χ1) is 13.5. The van der Waals surface area contributed by atoms with Crippen LogP contribution < -0.4 is 14.8 Å². The Morgan fingerprint density at radius 1 is 1.04 bits per heavy atom. The Balaban J connectivity index is 2.01. The first-order valence-electron chi connectivity index (χ1n) is 8.93. The molecule has 2 amide bonds. The maximum atomic E-state index is 12.4. The van der Waals surface area contributed by atoms with E-state index in [-0.39, 0.29) is 18.4 Å². The predicted octanol–water partition coefficient (Wildman–Crippen LogP) is 3.07. The molecule has 0 fully saturated rings. The maximum absolute atomic E-state index is 12.4. The summed E-state index contributed by atoms with van der Waals surface area (Å²) in [6.07, 6.45) is 0. The second-order valence-corrected chi connectivity index (χ2v) is 5.93. The number of nitrogens with zero attached hydrogens (tertiary/aromatic N) is 2. The van der Waals surface area contributed by atoms with Crippen LogP contribution in [0.1, 0.15) is 29.8 Å². The van der Waals surface area contributed by atoms with Gasteiger partial charge < -0.3 is 19.7 Å². The SMILES string of the molecule is CCOc1ccc(NC(=O)CN(C)C(=O)c2ccc(C#N)cc2)cc1OCC. The minimum absolute atomic E-state index is 0.115. The largest absolute Gasteiger partial charge is 0.490 e. The van der Waals surface area contributed by atoms with Crippen LogP contribution in [0.5, 0.6) is 11.5 Å². The van der Waals surface area contributed by atoms with Crippen molar-refractivity contribution in [2.75, 3.05) is 32.1 Å². The van der Waals surface area contributed by atoms with E-state index in [0.717, 1.165) is 0 Å². The molecule has 1 N–H and O–H groups in total. The summed E-state index contributed by atoms with van der Waals surface area (Å²) in [6, 6.07) is 13.4. The van der Waals surface area contributed by atoms with Gasteiger partial charge in [-0.1, -0.05) is 0 Å². The Labute approximate surface area is 164 Å². The molecule has 0 unspecified atom stereocenters. The third kappa shape index (κ3) is 5.48. The fourth-order valence-corrected chi connectivity index (χ4v) is 2.52. The van der Waals surface area contributed by atoms with Crippen molar-refractivity contribution in [2.45, 2.75) is 13.8 Å². The monoisotopic (exact) mass is 381 g/mol. The van der Waals surface area contributed by atoms with E-state index in [1.54, 1.807) is 49.5 Å². The number of hydrogen-bond acceptors (Lipinski definition) is 5. The Morgan fingerprint density at radius 2 is 1.68 bits per heavy atom. The van der Waals surface area contributed by atoms with Gasteiger partial charge in [0.2, 0.25) is 5.91 Å². The second kappa shape index (κ2) is 9.97. The molecule has 0 heterocycles. The van der Waals surface area contributed by atoms with Gasteiger partial charge >= 0.3 is 0 Å². The zero-order valence-corrected chi connectivity index (χ0v) is 16.2. The Bertz CT molecular complexity index is 872. The molecule has 0 saturated heterocycles. The number of carbonyl (C=O) groups excluding carboxylic acids is 2. The molecular formula is C21H23N3O4. The van der Waals surface area contributed by atoms with Crippen LogP contribution in [0, 0.1) is 11.3 Å². The molecule has 2 aromatic rings. The van der Waals surface area contributed by atoms with Crippen LogP contribution in [-0.4, -0.2) is 43.5 Å². The number of benzene rings is 2. The van der Waals surface area contributed by atoms with Crippen molar-refractivity contribution in [1.29, 1.82) is 5.26 Å². The highest BCUT2D eigenvalue weighted by atomic mass is 16.5. The highest BCUT2D eigenvalue weighted by Gasteiger charge is 2.16. The van der Waals surface area contributed by atoms with E-state index in [9.17, 15) is 9.59 Å². The topological polar surface area (TPSA) is 91.7 Å². The van der Waals surface area contributed by atoms with Crippen molar-refractivity contribution in [3.8, 4) is 17.6 Å². The molecule has 2 rings (SSSR count). The minimum Gasteiger partial charge on any atom is -0.490 e. The Morgan fingerprint density at radius 3 is 2.29 bits per heavy atom. The Hall–Kier alpha value is -3.53. The van der Waals surface area contributed by atoms with E-state index in [1.165, 1.54) is 4.90 Å². The van der Waals surface area contributed by atoms with Crippen LogP contribution in [0.3, 0.4) is 0 Å². The van der Waals surface area contributed by atoms with E-state index in [2.05, 4.69) is 5.32 Å². The lowest BCUT2D eigenvalue weighted by atomic mass is 10.1. The summed E-state index contributed by atoms with van der Waals surface area (Å²) in [6.45, 7) is 4.61. The molecule has 7 heteroatoms. The highest BCUT2D eigenvalue weighted by Crippen LogP contribution is 2.30. The summed E-state index contributed by atoms with van der Waals surface area (Å²) in [5, 5.41) is 11.6. The van der Waals surface area contributed by atoms with E-state index >= 15 is 0 Å². The molecule has 7 nitrogen and oxygen atoms in total. The molecular weight excluding hydrogens is 358 g/mol. The fourth-order valence-electron chi connectivity index (χ4n) is 2.52. The first kappa shape index (κ1) is 20.8. The van der Waals surface area contributed by atoms with E-state index in [4.69, 9.17) is 14.7 Å². The van der Waals surface area contributed by atoms with Crippen LogP contribution in [0.25, 0.3) is 0 Å². The van der Waals surface area contributed by atoms with Gasteiger partial charge in [-0.2, -0.15) is 5.26 Å². The number of rotatable bonds is 8. The molecule has 0 aromatic heterocycles. The van der Waals surface area contributed by atoms with Crippen molar-refractivity contribution in [3.63, 3.8) is 0 Å². The van der Waals surface area contributed by atoms with Crippen LogP contribution in [0.2, 0.25) is 0 Å². The molecule has 0 saturated carbocycles. The summed E-state index contributed by atoms with van der Waals surface area (Å²) in [5.41, 5.74) is 1.43. The van der Waals surface area contributed by atoms with Crippen molar-refractivity contribution in [3.05, 3.63) is 53.6 Å². The lowest BCUT2D eigenvalue weighted by molar-refractivity contribution is -0.116. The normalized spacial score (nSPS) is 9.93.